The number of ketones is 1. The normalized spacial score (nSPS) is 10.5. The van der Waals surface area contributed by atoms with Crippen molar-refractivity contribution in [2.75, 3.05) is 7.11 Å². The number of hydrogen-bond acceptors (Lipinski definition) is 3. The maximum absolute atomic E-state index is 12.3. The second-order valence-electron chi connectivity index (χ2n) is 4.08. The van der Waals surface area contributed by atoms with Crippen LogP contribution in [-0.2, 0) is 0 Å². The molecule has 2 rings (SSSR count). The number of methoxy groups -OCH3 is 1. The van der Waals surface area contributed by atoms with Crippen molar-refractivity contribution in [3.05, 3.63) is 58.1 Å². The molecule has 0 fully saturated rings. The lowest BCUT2D eigenvalue weighted by atomic mass is 10.0. The van der Waals surface area contributed by atoms with Gasteiger partial charge in [-0.15, -0.1) is 0 Å². The number of alkyl halides is 2. The Bertz CT molecular complexity index is 642. The summed E-state index contributed by atoms with van der Waals surface area (Å²) in [6.45, 7) is -2.89. The molecular formula is C15H11BrF2O3. The summed E-state index contributed by atoms with van der Waals surface area (Å²) in [5.74, 6) is 0.409. The number of ether oxygens (including phenoxy) is 2. The van der Waals surface area contributed by atoms with Crippen LogP contribution in [0.4, 0.5) is 8.78 Å². The predicted octanol–water partition coefficient (Wildman–Crippen LogP) is 4.29. The fraction of sp³-hybridized carbons (Fsp3) is 0.133. The van der Waals surface area contributed by atoms with E-state index in [9.17, 15) is 13.6 Å². The molecule has 0 aliphatic heterocycles. The second kappa shape index (κ2) is 6.67. The molecule has 2 aromatic carbocycles. The Kier molecular flexibility index (Phi) is 4.90. The maximum atomic E-state index is 12.3. The third-order valence-electron chi connectivity index (χ3n) is 2.76. The molecular weight excluding hydrogens is 346 g/mol. The lowest BCUT2D eigenvalue weighted by Gasteiger charge is -2.07. The molecule has 6 heteroatoms. The molecule has 0 N–H and O–H groups in total. The van der Waals surface area contributed by atoms with Crippen LogP contribution in [0.2, 0.25) is 0 Å². The van der Waals surface area contributed by atoms with Crippen LogP contribution in [0.15, 0.2) is 46.9 Å². The van der Waals surface area contributed by atoms with Gasteiger partial charge < -0.3 is 9.47 Å². The Labute approximate surface area is 128 Å². The molecule has 2 aromatic rings. The summed E-state index contributed by atoms with van der Waals surface area (Å²) < 4.78 is 34.1. The SMILES string of the molecule is COc1ccc(C(=O)c2ccc(OC(F)F)cc2)cc1Br. The first-order valence-corrected chi connectivity index (χ1v) is 6.73. The van der Waals surface area contributed by atoms with Crippen molar-refractivity contribution in [2.24, 2.45) is 0 Å². The van der Waals surface area contributed by atoms with E-state index in [4.69, 9.17) is 4.74 Å². The largest absolute Gasteiger partial charge is 0.496 e. The molecule has 0 bridgehead atoms. The highest BCUT2D eigenvalue weighted by atomic mass is 79.9. The number of hydrogen-bond donors (Lipinski definition) is 0. The van der Waals surface area contributed by atoms with Crippen molar-refractivity contribution in [3.63, 3.8) is 0 Å². The van der Waals surface area contributed by atoms with Crippen LogP contribution < -0.4 is 9.47 Å². The zero-order chi connectivity index (χ0) is 15.4. The van der Waals surface area contributed by atoms with Gasteiger partial charge >= 0.3 is 6.61 Å². The van der Waals surface area contributed by atoms with Crippen molar-refractivity contribution in [2.45, 2.75) is 6.61 Å². The lowest BCUT2D eigenvalue weighted by molar-refractivity contribution is -0.0498. The van der Waals surface area contributed by atoms with Crippen molar-refractivity contribution in [1.29, 1.82) is 0 Å². The van der Waals surface area contributed by atoms with Crippen LogP contribution in [-0.4, -0.2) is 19.5 Å². The number of rotatable bonds is 5. The fourth-order valence-corrected chi connectivity index (χ4v) is 2.30. The minimum Gasteiger partial charge on any atom is -0.496 e. The molecule has 0 aliphatic carbocycles. The molecule has 0 aliphatic rings. The van der Waals surface area contributed by atoms with E-state index < -0.39 is 6.61 Å². The van der Waals surface area contributed by atoms with Gasteiger partial charge in [0.15, 0.2) is 5.78 Å². The monoisotopic (exact) mass is 356 g/mol. The topological polar surface area (TPSA) is 35.5 Å². The molecule has 0 spiro atoms. The number of carbonyl (C=O) groups excluding carboxylic acids is 1. The Balaban J connectivity index is 2.21. The summed E-state index contributed by atoms with van der Waals surface area (Å²) >= 11 is 3.31. The molecule has 0 radical (unpaired) electrons. The average Bonchev–Trinajstić information content (AvgIpc) is 2.46. The lowest BCUT2D eigenvalue weighted by Crippen LogP contribution is -2.04. The van der Waals surface area contributed by atoms with Gasteiger partial charge in [0.05, 0.1) is 11.6 Å². The van der Waals surface area contributed by atoms with Crippen molar-refractivity contribution >= 4 is 21.7 Å². The minimum atomic E-state index is -2.89. The predicted molar refractivity (Wildman–Crippen MR) is 77.2 cm³/mol. The Morgan fingerprint density at radius 3 is 2.24 bits per heavy atom. The summed E-state index contributed by atoms with van der Waals surface area (Å²) in [6.07, 6.45) is 0. The van der Waals surface area contributed by atoms with Crippen LogP contribution >= 0.6 is 15.9 Å². The van der Waals surface area contributed by atoms with Crippen LogP contribution in [0, 0.1) is 0 Å². The zero-order valence-corrected chi connectivity index (χ0v) is 12.6. The van der Waals surface area contributed by atoms with Gasteiger partial charge in [-0.25, -0.2) is 0 Å². The molecule has 0 aromatic heterocycles. The van der Waals surface area contributed by atoms with Gasteiger partial charge in [0, 0.05) is 11.1 Å². The molecule has 21 heavy (non-hydrogen) atoms. The Morgan fingerprint density at radius 2 is 1.71 bits per heavy atom. The third kappa shape index (κ3) is 3.78. The average molecular weight is 357 g/mol. The molecule has 0 saturated heterocycles. The van der Waals surface area contributed by atoms with E-state index >= 15 is 0 Å². The van der Waals surface area contributed by atoms with Crippen molar-refractivity contribution in [3.8, 4) is 11.5 Å². The molecule has 0 amide bonds. The number of halogens is 3. The van der Waals surface area contributed by atoms with Gasteiger partial charge in [0.25, 0.3) is 0 Å². The summed E-state index contributed by atoms with van der Waals surface area (Å²) in [5, 5.41) is 0. The maximum Gasteiger partial charge on any atom is 0.387 e. The third-order valence-corrected chi connectivity index (χ3v) is 3.38. The summed E-state index contributed by atoms with van der Waals surface area (Å²) in [5.41, 5.74) is 0.846. The minimum absolute atomic E-state index is 0.0115. The number of benzene rings is 2. The van der Waals surface area contributed by atoms with Crippen LogP contribution in [0.25, 0.3) is 0 Å². The van der Waals surface area contributed by atoms with E-state index in [1.165, 1.54) is 31.4 Å². The molecule has 0 heterocycles. The zero-order valence-electron chi connectivity index (χ0n) is 11.0. The first kappa shape index (κ1) is 15.4. The van der Waals surface area contributed by atoms with Crippen molar-refractivity contribution < 1.29 is 23.0 Å². The van der Waals surface area contributed by atoms with E-state index in [2.05, 4.69) is 20.7 Å². The summed E-state index contributed by atoms with van der Waals surface area (Å²) in [6, 6.07) is 10.5. The standard InChI is InChI=1S/C15H11BrF2O3/c1-20-13-7-4-10(8-12(13)16)14(19)9-2-5-11(6-3-9)21-15(17)18/h2-8,15H,1H3. The highest BCUT2D eigenvalue weighted by Gasteiger charge is 2.12. The Hall–Kier alpha value is -1.95. The summed E-state index contributed by atoms with van der Waals surface area (Å²) in [7, 11) is 1.53. The summed E-state index contributed by atoms with van der Waals surface area (Å²) in [4.78, 5) is 12.3. The second-order valence-corrected chi connectivity index (χ2v) is 4.94. The van der Waals surface area contributed by atoms with Crippen LogP contribution in [0.5, 0.6) is 11.5 Å². The molecule has 0 atom stereocenters. The van der Waals surface area contributed by atoms with Gasteiger partial charge in [-0.2, -0.15) is 8.78 Å². The first-order chi connectivity index (χ1) is 10.0. The smallest absolute Gasteiger partial charge is 0.387 e. The van der Waals surface area contributed by atoms with Crippen LogP contribution in [0.3, 0.4) is 0 Å². The first-order valence-electron chi connectivity index (χ1n) is 5.94. The van der Waals surface area contributed by atoms with Gasteiger partial charge in [0.1, 0.15) is 11.5 Å². The molecule has 0 saturated carbocycles. The van der Waals surface area contributed by atoms with Crippen molar-refractivity contribution in [1.82, 2.24) is 0 Å². The fourth-order valence-electron chi connectivity index (χ4n) is 1.76. The van der Waals surface area contributed by atoms with Gasteiger partial charge in [-0.1, -0.05) is 0 Å². The molecule has 0 unspecified atom stereocenters. The highest BCUT2D eigenvalue weighted by Crippen LogP contribution is 2.27. The number of carbonyl (C=O) groups is 1. The Morgan fingerprint density at radius 1 is 1.10 bits per heavy atom. The quantitative estimate of drug-likeness (QED) is 0.749. The van der Waals surface area contributed by atoms with Gasteiger partial charge in [-0.05, 0) is 58.4 Å². The highest BCUT2D eigenvalue weighted by molar-refractivity contribution is 9.10. The van der Waals surface area contributed by atoms with E-state index in [1.807, 2.05) is 0 Å². The van der Waals surface area contributed by atoms with Crippen LogP contribution in [0.1, 0.15) is 15.9 Å². The molecule has 3 nitrogen and oxygen atoms in total. The van der Waals surface area contributed by atoms with E-state index in [0.29, 0.717) is 21.3 Å². The van der Waals surface area contributed by atoms with E-state index in [1.54, 1.807) is 18.2 Å². The van der Waals surface area contributed by atoms with E-state index in [0.717, 1.165) is 0 Å². The van der Waals surface area contributed by atoms with E-state index in [-0.39, 0.29) is 11.5 Å². The van der Waals surface area contributed by atoms with Gasteiger partial charge in [0.2, 0.25) is 0 Å². The van der Waals surface area contributed by atoms with Gasteiger partial charge in [-0.3, -0.25) is 4.79 Å². The molecule has 110 valence electrons.